The maximum absolute atomic E-state index is 14.1. The summed E-state index contributed by atoms with van der Waals surface area (Å²) in [5.41, 5.74) is -0.815. The molecule has 48 heteroatoms. The van der Waals surface area contributed by atoms with Gasteiger partial charge in [-0.3, -0.25) is 95.9 Å². The first-order valence-electron chi connectivity index (χ1n) is 46.8. The molecule has 0 saturated carbocycles. The Bertz CT molecular complexity index is 3800. The van der Waals surface area contributed by atoms with Crippen LogP contribution in [-0.4, -0.2) is 328 Å². The molecule has 1 aromatic carbocycles. The molecule has 15 unspecified atom stereocenters. The van der Waals surface area contributed by atoms with E-state index in [4.69, 9.17) is 90.0 Å². The number of carbonyl (C=O) groups excluding carboxylic acids is 20. The number of benzene rings is 1. The summed E-state index contributed by atoms with van der Waals surface area (Å²) in [7, 11) is 0. The molecule has 0 bridgehead atoms. The molecule has 4 rings (SSSR count). The fraction of sp³-hybridized carbons (Fsp3) is 0.717. The van der Waals surface area contributed by atoms with E-state index in [1.807, 2.05) is 6.07 Å². The number of esters is 10. The third-order valence-corrected chi connectivity index (χ3v) is 20.7. The number of ketones is 1. The van der Waals surface area contributed by atoms with Crippen LogP contribution < -0.4 is 47.9 Å². The van der Waals surface area contributed by atoms with Gasteiger partial charge in [0.1, 0.15) is 74.2 Å². The van der Waals surface area contributed by atoms with Crippen molar-refractivity contribution >= 4 is 119 Å². The summed E-state index contributed by atoms with van der Waals surface area (Å²) in [6.07, 6.45) is -12.4. The first-order valence-corrected chi connectivity index (χ1v) is 46.8. The van der Waals surface area contributed by atoms with Gasteiger partial charge >= 0.3 is 59.7 Å². The molecule has 140 heavy (non-hydrogen) atoms. The van der Waals surface area contributed by atoms with E-state index < -0.39 is 212 Å². The number of ether oxygens (including phenoxy) is 19. The molecule has 9 N–H and O–H groups in total. The second kappa shape index (κ2) is 67.7. The number of carbonyl (C=O) groups is 20. The lowest BCUT2D eigenvalue weighted by molar-refractivity contribution is -0.277. The minimum Gasteiger partial charge on any atom is -0.463 e. The van der Waals surface area contributed by atoms with Crippen LogP contribution in [-0.2, 0) is 192 Å². The standard InChI is InChI=1S/C92H141N9O39/c1-56(102)98-80-86(135-65(10)111)83(132-62(7)108)70(50-128-59(4)105)138-89(80)125-43-21-17-30-73(115)93-38-20-16-29-69(114)35-46-122-53-92(101-78(120)33-24-34-79(121)131-49-68-27-14-13-15-28-68,54-123-47-36-76(118)96-41-25-39-94-74(116)31-18-22-44-126-90-81(99-57(2)103)87(136-66(11)112)84(133-63(8)109)71(139-90)51-129-60(5)106)55-124-48-37-77(119)97-42-26-40-95-75(117)32-19-23-45-127-91-82(100-58(3)104)88(137-67(12)113)85(134-64(9)110)72(140-91)52-130-61(6)107/h13-15,27-28,70-72,80-91H,16-26,29-55H2,1-12H3,(H,93,115)(H,94,116)(H,95,117)(H,96,118)(H,97,119)(H,98,102)(H,99,103)(H,100,104)(H,101,120). The summed E-state index contributed by atoms with van der Waals surface area (Å²) in [5.74, 6) is -11.5. The zero-order valence-electron chi connectivity index (χ0n) is 81.8. The highest BCUT2D eigenvalue weighted by Crippen LogP contribution is 2.32. The van der Waals surface area contributed by atoms with Gasteiger partial charge in [0.2, 0.25) is 53.2 Å². The van der Waals surface area contributed by atoms with Crippen LogP contribution in [0.2, 0.25) is 0 Å². The van der Waals surface area contributed by atoms with Crippen LogP contribution >= 0.6 is 0 Å². The summed E-state index contributed by atoms with van der Waals surface area (Å²) >= 11 is 0. The summed E-state index contributed by atoms with van der Waals surface area (Å²) < 4.78 is 108. The summed E-state index contributed by atoms with van der Waals surface area (Å²) in [6, 6.07) is 5.43. The van der Waals surface area contributed by atoms with E-state index in [1.54, 1.807) is 24.3 Å². The number of rotatable bonds is 68. The highest BCUT2D eigenvalue weighted by molar-refractivity contribution is 5.81. The van der Waals surface area contributed by atoms with Crippen molar-refractivity contribution in [3.05, 3.63) is 35.9 Å². The first-order chi connectivity index (χ1) is 66.6. The number of Topliss-reactive ketones (excluding diaryl/α,β-unsaturated/α-hetero) is 1. The van der Waals surface area contributed by atoms with Crippen molar-refractivity contribution in [2.24, 2.45) is 0 Å². The van der Waals surface area contributed by atoms with Crippen molar-refractivity contribution < 1.29 is 186 Å². The fourth-order valence-electron chi connectivity index (χ4n) is 14.5. The van der Waals surface area contributed by atoms with Gasteiger partial charge < -0.3 is 138 Å². The summed E-state index contributed by atoms with van der Waals surface area (Å²) in [5, 5.41) is 24.7. The lowest BCUT2D eigenvalue weighted by Gasteiger charge is -2.44. The van der Waals surface area contributed by atoms with Gasteiger partial charge in [0.25, 0.3) is 0 Å². The van der Waals surface area contributed by atoms with Gasteiger partial charge in [0.15, 0.2) is 55.5 Å². The molecule has 0 spiro atoms. The molecular formula is C92H141N9O39. The van der Waals surface area contributed by atoms with Crippen LogP contribution in [0.3, 0.4) is 0 Å². The van der Waals surface area contributed by atoms with Crippen molar-refractivity contribution in [2.45, 2.75) is 316 Å². The molecule has 3 heterocycles. The quantitative estimate of drug-likeness (QED) is 0.0245. The van der Waals surface area contributed by atoms with Crippen LogP contribution in [0.25, 0.3) is 0 Å². The Morgan fingerprint density at radius 3 is 0.914 bits per heavy atom. The van der Waals surface area contributed by atoms with E-state index in [1.165, 1.54) is 20.8 Å². The van der Waals surface area contributed by atoms with E-state index in [0.29, 0.717) is 64.2 Å². The van der Waals surface area contributed by atoms with Gasteiger partial charge in [-0.2, -0.15) is 0 Å². The van der Waals surface area contributed by atoms with Crippen LogP contribution in [0.1, 0.15) is 217 Å². The van der Waals surface area contributed by atoms with Crippen LogP contribution in [0.5, 0.6) is 0 Å². The van der Waals surface area contributed by atoms with Crippen molar-refractivity contribution in [1.29, 1.82) is 0 Å². The number of nitrogens with one attached hydrogen (secondary N) is 9. The zero-order valence-corrected chi connectivity index (χ0v) is 81.8. The number of amides is 9. The smallest absolute Gasteiger partial charge is 0.306 e. The van der Waals surface area contributed by atoms with E-state index in [9.17, 15) is 95.9 Å². The van der Waals surface area contributed by atoms with Gasteiger partial charge in [0.05, 0.1) is 39.6 Å². The SMILES string of the molecule is CC(=O)NC1C(OCCCCC(=O)NCCCCC(=O)CCOCC(COCCC(=O)NCCCNC(=O)CCCCOC2OC(COC(C)=O)C(OC(C)=O)C(OC(C)=O)C2NC(C)=O)(COCCC(=O)NCCCNC(=O)CCCCOC2OC(COC(C)=O)C(OC(C)=O)C(OC(C)=O)C2NC(C)=O)NC(=O)CCCC(=O)OCc2ccccc2)OC(COC(C)=O)C(OC(C)=O)C1OC(C)=O. The molecular weight excluding hydrogens is 1860 g/mol. The zero-order chi connectivity index (χ0) is 103. The Morgan fingerprint density at radius 2 is 0.593 bits per heavy atom. The molecule has 48 nitrogen and oxygen atoms in total. The molecule has 0 aliphatic carbocycles. The van der Waals surface area contributed by atoms with Gasteiger partial charge in [0, 0.05) is 193 Å². The van der Waals surface area contributed by atoms with Gasteiger partial charge in [-0.1, -0.05) is 30.3 Å². The maximum Gasteiger partial charge on any atom is 0.306 e. The predicted octanol–water partition coefficient (Wildman–Crippen LogP) is 0.605. The second-order valence-electron chi connectivity index (χ2n) is 33.3. The minimum atomic E-state index is -1.57. The molecule has 3 saturated heterocycles. The van der Waals surface area contributed by atoms with E-state index >= 15 is 0 Å². The number of hydrogen-bond donors (Lipinski definition) is 9. The Morgan fingerprint density at radius 1 is 0.293 bits per heavy atom. The average Bonchev–Trinajstić information content (AvgIpc) is 0.793. The Labute approximate surface area is 812 Å². The van der Waals surface area contributed by atoms with Gasteiger partial charge in [-0.15, -0.1) is 0 Å². The molecule has 788 valence electrons. The molecule has 1 aromatic rings. The van der Waals surface area contributed by atoms with Gasteiger partial charge in [-0.05, 0) is 76.2 Å². The first kappa shape index (κ1) is 121. The monoisotopic (exact) mass is 2000 g/mol. The summed E-state index contributed by atoms with van der Waals surface area (Å²) in [6.45, 7) is 11.6. The second-order valence-corrected chi connectivity index (χ2v) is 33.3. The Balaban J connectivity index is 1.37. The lowest BCUT2D eigenvalue weighted by atomic mass is 9.96. The highest BCUT2D eigenvalue weighted by atomic mass is 16.7. The van der Waals surface area contributed by atoms with Crippen molar-refractivity contribution in [2.75, 3.05) is 112 Å². The predicted molar refractivity (Wildman–Crippen MR) is 482 cm³/mol. The number of unbranched alkanes of at least 4 members (excludes halogenated alkanes) is 4. The summed E-state index contributed by atoms with van der Waals surface area (Å²) in [4.78, 5) is 251. The lowest BCUT2D eigenvalue weighted by Crippen LogP contribution is -2.66. The normalized spacial score (nSPS) is 21.2. The van der Waals surface area contributed by atoms with Crippen LogP contribution in [0, 0.1) is 0 Å². The van der Waals surface area contributed by atoms with E-state index in [-0.39, 0.29) is 187 Å². The fourth-order valence-corrected chi connectivity index (χ4v) is 14.5. The third-order valence-electron chi connectivity index (χ3n) is 20.7. The number of hydrogen-bond acceptors (Lipinski definition) is 39. The highest BCUT2D eigenvalue weighted by Gasteiger charge is 2.55. The molecule has 0 radical (unpaired) electrons. The molecule has 3 aliphatic heterocycles. The average molecular weight is 2000 g/mol. The Hall–Kier alpha value is -11.5. The van der Waals surface area contributed by atoms with Crippen LogP contribution in [0.15, 0.2) is 30.3 Å². The molecule has 3 fully saturated rings. The molecule has 15 atom stereocenters. The van der Waals surface area contributed by atoms with E-state index in [2.05, 4.69) is 47.9 Å². The van der Waals surface area contributed by atoms with Crippen molar-refractivity contribution in [3.63, 3.8) is 0 Å². The minimum absolute atomic E-state index is 0.00433. The van der Waals surface area contributed by atoms with Crippen molar-refractivity contribution in [1.82, 2.24) is 47.9 Å². The van der Waals surface area contributed by atoms with E-state index in [0.717, 1.165) is 67.9 Å². The largest absolute Gasteiger partial charge is 0.463 e. The molecule has 0 aromatic heterocycles. The molecule has 9 amide bonds. The maximum atomic E-state index is 14.1. The topological polar surface area (TPSA) is 625 Å². The van der Waals surface area contributed by atoms with Gasteiger partial charge in [-0.25, -0.2) is 0 Å². The molecule has 3 aliphatic rings. The van der Waals surface area contributed by atoms with Crippen LogP contribution in [0.4, 0.5) is 0 Å². The Kier molecular flexibility index (Phi) is 58.4. The third kappa shape index (κ3) is 52.1. The van der Waals surface area contributed by atoms with Crippen molar-refractivity contribution in [3.8, 4) is 0 Å².